The van der Waals surface area contributed by atoms with Gasteiger partial charge in [0.1, 0.15) is 0 Å². The van der Waals surface area contributed by atoms with Crippen molar-refractivity contribution in [3.8, 4) is 0 Å². The van der Waals surface area contributed by atoms with Gasteiger partial charge in [-0.25, -0.2) is 0 Å². The van der Waals surface area contributed by atoms with Crippen molar-refractivity contribution in [2.75, 3.05) is 33.4 Å². The molecule has 1 heterocycles. The normalized spacial score (nSPS) is 17.9. The molecule has 0 aromatic rings. The van der Waals surface area contributed by atoms with Gasteiger partial charge in [-0.3, -0.25) is 4.99 Å². The van der Waals surface area contributed by atoms with Crippen molar-refractivity contribution in [2.24, 2.45) is 16.3 Å². The van der Waals surface area contributed by atoms with Crippen molar-refractivity contribution in [3.63, 3.8) is 0 Å². The first kappa shape index (κ1) is 17.3. The molecule has 4 heteroatoms. The molecule has 4 nitrogen and oxygen atoms in total. The van der Waals surface area contributed by atoms with Gasteiger partial charge >= 0.3 is 0 Å². The molecule has 1 fully saturated rings. The standard InChI is InChI=1S/C16H33N3O/c1-14(2)9-7-5-6-8-10-18-15(17-4)19-11-16(3)12-20-13-16/h14H,5-13H2,1-4H3,(H2,17,18,19). The Hall–Kier alpha value is -0.770. The molecular formula is C16H33N3O. The number of aliphatic imine (C=N–C) groups is 1. The third-order valence-corrected chi connectivity index (χ3v) is 3.81. The molecule has 0 spiro atoms. The Morgan fingerprint density at radius 3 is 2.40 bits per heavy atom. The molecule has 0 aliphatic carbocycles. The minimum absolute atomic E-state index is 0.286. The predicted molar refractivity (Wildman–Crippen MR) is 86.2 cm³/mol. The molecule has 1 aliphatic rings. The zero-order chi connectivity index (χ0) is 14.8. The van der Waals surface area contributed by atoms with Crippen LogP contribution in [-0.4, -0.2) is 39.3 Å². The fourth-order valence-corrected chi connectivity index (χ4v) is 2.31. The van der Waals surface area contributed by atoms with E-state index in [4.69, 9.17) is 4.74 Å². The van der Waals surface area contributed by atoms with E-state index >= 15 is 0 Å². The summed E-state index contributed by atoms with van der Waals surface area (Å²) in [6, 6.07) is 0. The summed E-state index contributed by atoms with van der Waals surface area (Å²) >= 11 is 0. The van der Waals surface area contributed by atoms with Crippen LogP contribution in [0.5, 0.6) is 0 Å². The third kappa shape index (κ3) is 7.13. The first-order valence-corrected chi connectivity index (χ1v) is 8.08. The van der Waals surface area contributed by atoms with Crippen LogP contribution in [0.2, 0.25) is 0 Å². The lowest BCUT2D eigenvalue weighted by Crippen LogP contribution is -2.51. The van der Waals surface area contributed by atoms with Crippen LogP contribution in [-0.2, 0) is 4.74 Å². The van der Waals surface area contributed by atoms with E-state index in [1.54, 1.807) is 0 Å². The van der Waals surface area contributed by atoms with Gasteiger partial charge in [0.25, 0.3) is 0 Å². The van der Waals surface area contributed by atoms with Crippen molar-refractivity contribution in [3.05, 3.63) is 0 Å². The van der Waals surface area contributed by atoms with E-state index in [0.717, 1.165) is 38.2 Å². The van der Waals surface area contributed by atoms with Gasteiger partial charge in [0.15, 0.2) is 5.96 Å². The average molecular weight is 283 g/mol. The summed E-state index contributed by atoms with van der Waals surface area (Å²) in [6.07, 6.45) is 6.60. The lowest BCUT2D eigenvalue weighted by molar-refractivity contribution is -0.0971. The Bertz CT molecular complexity index is 285. The Morgan fingerprint density at radius 1 is 1.15 bits per heavy atom. The molecule has 0 atom stereocenters. The van der Waals surface area contributed by atoms with Crippen molar-refractivity contribution >= 4 is 5.96 Å². The highest BCUT2D eigenvalue weighted by Gasteiger charge is 2.33. The highest BCUT2D eigenvalue weighted by atomic mass is 16.5. The quantitative estimate of drug-likeness (QED) is 0.388. The van der Waals surface area contributed by atoms with Crippen molar-refractivity contribution in [2.45, 2.75) is 52.9 Å². The molecule has 20 heavy (non-hydrogen) atoms. The average Bonchev–Trinajstić information content (AvgIpc) is 2.38. The van der Waals surface area contributed by atoms with Gasteiger partial charge < -0.3 is 15.4 Å². The fraction of sp³-hybridized carbons (Fsp3) is 0.938. The van der Waals surface area contributed by atoms with Gasteiger partial charge in [-0.2, -0.15) is 0 Å². The second kappa shape index (κ2) is 9.22. The Morgan fingerprint density at radius 2 is 1.85 bits per heavy atom. The van der Waals surface area contributed by atoms with E-state index in [9.17, 15) is 0 Å². The van der Waals surface area contributed by atoms with E-state index in [1.165, 1.54) is 32.1 Å². The van der Waals surface area contributed by atoms with Crippen molar-refractivity contribution < 1.29 is 4.74 Å². The number of nitrogens with zero attached hydrogens (tertiary/aromatic N) is 1. The smallest absolute Gasteiger partial charge is 0.190 e. The Kier molecular flexibility index (Phi) is 7.97. The van der Waals surface area contributed by atoms with Crippen LogP contribution in [0.1, 0.15) is 52.9 Å². The molecule has 0 radical (unpaired) electrons. The van der Waals surface area contributed by atoms with Crippen LogP contribution in [0.4, 0.5) is 0 Å². The number of rotatable bonds is 9. The van der Waals surface area contributed by atoms with Crippen LogP contribution in [0, 0.1) is 11.3 Å². The maximum Gasteiger partial charge on any atom is 0.190 e. The number of hydrogen-bond donors (Lipinski definition) is 2. The molecule has 0 bridgehead atoms. The van der Waals surface area contributed by atoms with Crippen LogP contribution >= 0.6 is 0 Å². The van der Waals surface area contributed by atoms with Crippen LogP contribution in [0.25, 0.3) is 0 Å². The number of guanidine groups is 1. The summed E-state index contributed by atoms with van der Waals surface area (Å²) in [5.74, 6) is 1.76. The van der Waals surface area contributed by atoms with Crippen LogP contribution < -0.4 is 10.6 Å². The molecule has 1 rings (SSSR count). The largest absolute Gasteiger partial charge is 0.380 e. The summed E-state index contributed by atoms with van der Waals surface area (Å²) in [6.45, 7) is 10.5. The first-order chi connectivity index (χ1) is 9.56. The fourth-order valence-electron chi connectivity index (χ4n) is 2.31. The minimum atomic E-state index is 0.286. The van der Waals surface area contributed by atoms with Gasteiger partial charge in [0.05, 0.1) is 13.2 Å². The number of nitrogens with one attached hydrogen (secondary N) is 2. The molecule has 2 N–H and O–H groups in total. The molecule has 0 unspecified atom stereocenters. The third-order valence-electron chi connectivity index (χ3n) is 3.81. The molecule has 0 aromatic carbocycles. The highest BCUT2D eigenvalue weighted by Crippen LogP contribution is 2.24. The van der Waals surface area contributed by atoms with Crippen LogP contribution in [0.15, 0.2) is 4.99 Å². The summed E-state index contributed by atoms with van der Waals surface area (Å²) in [5, 5.41) is 6.78. The van der Waals surface area contributed by atoms with Gasteiger partial charge in [-0.05, 0) is 12.3 Å². The first-order valence-electron chi connectivity index (χ1n) is 8.08. The van der Waals surface area contributed by atoms with Crippen LogP contribution in [0.3, 0.4) is 0 Å². The van der Waals surface area contributed by atoms with Gasteiger partial charge in [0.2, 0.25) is 0 Å². The SMILES string of the molecule is CN=C(NCCCCCCC(C)C)NCC1(C)COC1. The minimum Gasteiger partial charge on any atom is -0.380 e. The van der Waals surface area contributed by atoms with Gasteiger partial charge in [-0.1, -0.05) is 46.5 Å². The number of unbranched alkanes of at least 4 members (excludes halogenated alkanes) is 3. The second-order valence-electron chi connectivity index (χ2n) is 6.75. The molecule has 0 aromatic heterocycles. The maximum absolute atomic E-state index is 5.26. The van der Waals surface area contributed by atoms with Crippen molar-refractivity contribution in [1.29, 1.82) is 0 Å². The lowest BCUT2D eigenvalue weighted by Gasteiger charge is -2.38. The Balaban J connectivity index is 1.98. The zero-order valence-corrected chi connectivity index (χ0v) is 13.8. The maximum atomic E-state index is 5.26. The summed E-state index contributed by atoms with van der Waals surface area (Å²) < 4.78 is 5.26. The summed E-state index contributed by atoms with van der Waals surface area (Å²) in [7, 11) is 1.83. The summed E-state index contributed by atoms with van der Waals surface area (Å²) in [5.41, 5.74) is 0.286. The topological polar surface area (TPSA) is 45.7 Å². The lowest BCUT2D eigenvalue weighted by atomic mass is 9.89. The van der Waals surface area contributed by atoms with Crippen molar-refractivity contribution in [1.82, 2.24) is 10.6 Å². The second-order valence-corrected chi connectivity index (χ2v) is 6.75. The number of ether oxygens (including phenoxy) is 1. The monoisotopic (exact) mass is 283 g/mol. The molecule has 118 valence electrons. The molecule has 0 amide bonds. The Labute approximate surface area is 124 Å². The highest BCUT2D eigenvalue weighted by molar-refractivity contribution is 5.79. The molecular weight excluding hydrogens is 250 g/mol. The number of hydrogen-bond acceptors (Lipinski definition) is 2. The van der Waals surface area contributed by atoms with E-state index in [-0.39, 0.29) is 5.41 Å². The van der Waals surface area contributed by atoms with E-state index in [2.05, 4.69) is 36.4 Å². The molecule has 0 saturated carbocycles. The molecule has 1 aliphatic heterocycles. The predicted octanol–water partition coefficient (Wildman–Crippen LogP) is 2.79. The van der Waals surface area contributed by atoms with Gasteiger partial charge in [-0.15, -0.1) is 0 Å². The zero-order valence-electron chi connectivity index (χ0n) is 13.8. The van der Waals surface area contributed by atoms with Gasteiger partial charge in [0, 0.05) is 25.6 Å². The molecule has 1 saturated heterocycles. The van der Waals surface area contributed by atoms with E-state index in [0.29, 0.717) is 0 Å². The summed E-state index contributed by atoms with van der Waals surface area (Å²) in [4.78, 5) is 4.26. The van der Waals surface area contributed by atoms with E-state index in [1.807, 2.05) is 7.05 Å². The van der Waals surface area contributed by atoms with E-state index < -0.39 is 0 Å².